The lowest BCUT2D eigenvalue weighted by Gasteiger charge is -2.32. The Labute approximate surface area is 148 Å². The van der Waals surface area contributed by atoms with E-state index >= 15 is 4.39 Å². The second kappa shape index (κ2) is 6.56. The van der Waals surface area contributed by atoms with Crippen LogP contribution in [0.15, 0.2) is 17.9 Å². The van der Waals surface area contributed by atoms with Crippen molar-refractivity contribution < 1.29 is 13.7 Å². The van der Waals surface area contributed by atoms with Gasteiger partial charge in [-0.15, -0.1) is 11.3 Å². The molecular formula is C18H27BFNO2S. The summed E-state index contributed by atoms with van der Waals surface area (Å²) in [6.07, 6.45) is 1.89. The summed E-state index contributed by atoms with van der Waals surface area (Å²) in [4.78, 5) is 2.20. The highest BCUT2D eigenvalue weighted by atomic mass is 32.1. The van der Waals surface area contributed by atoms with Crippen LogP contribution in [0.3, 0.4) is 0 Å². The van der Waals surface area contributed by atoms with Crippen LogP contribution >= 0.6 is 11.3 Å². The lowest BCUT2D eigenvalue weighted by atomic mass is 9.78. The first-order chi connectivity index (χ1) is 11.2. The summed E-state index contributed by atoms with van der Waals surface area (Å²) in [6, 6.07) is 4.08. The summed E-state index contributed by atoms with van der Waals surface area (Å²) in [6.45, 7) is 11.7. The zero-order chi connectivity index (χ0) is 17.5. The number of hydrogen-bond acceptors (Lipinski definition) is 4. The maximum atomic E-state index is 15.6. The van der Waals surface area contributed by atoms with E-state index in [0.717, 1.165) is 36.4 Å². The van der Waals surface area contributed by atoms with E-state index in [2.05, 4.69) is 18.3 Å². The molecule has 6 heteroatoms. The van der Waals surface area contributed by atoms with Crippen LogP contribution in [0.4, 0.5) is 4.39 Å². The highest BCUT2D eigenvalue weighted by molar-refractivity contribution is 7.13. The topological polar surface area (TPSA) is 30.5 Å². The van der Waals surface area contributed by atoms with Crippen LogP contribution in [0.1, 0.15) is 50.3 Å². The van der Waals surface area contributed by atoms with Crippen LogP contribution < -0.4 is 5.32 Å². The van der Waals surface area contributed by atoms with Crippen LogP contribution in [0, 0.1) is 12.8 Å². The second-order valence-electron chi connectivity index (χ2n) is 7.78. The first-order valence-corrected chi connectivity index (χ1v) is 9.56. The molecule has 3 nitrogen and oxygen atoms in total. The highest BCUT2D eigenvalue weighted by Gasteiger charge is 2.54. The van der Waals surface area contributed by atoms with E-state index in [4.69, 9.17) is 9.31 Å². The van der Waals surface area contributed by atoms with Gasteiger partial charge in [-0.1, -0.05) is 0 Å². The summed E-state index contributed by atoms with van der Waals surface area (Å²) in [5.74, 6) is 0.211. The molecule has 0 amide bonds. The molecule has 2 aliphatic rings. The smallest absolute Gasteiger partial charge is 0.398 e. The van der Waals surface area contributed by atoms with Crippen molar-refractivity contribution in [3.8, 4) is 0 Å². The third-order valence-corrected chi connectivity index (χ3v) is 6.50. The number of thiophene rings is 1. The lowest BCUT2D eigenvalue weighted by Crippen LogP contribution is -2.41. The predicted octanol–water partition coefficient (Wildman–Crippen LogP) is 4.37. The fraction of sp³-hybridized carbons (Fsp3) is 0.667. The molecule has 0 spiro atoms. The first kappa shape index (κ1) is 18.1. The summed E-state index contributed by atoms with van der Waals surface area (Å²) in [5.41, 5.74) is -0.519. The summed E-state index contributed by atoms with van der Waals surface area (Å²) in [7, 11) is -0.915. The van der Waals surface area contributed by atoms with Gasteiger partial charge >= 0.3 is 7.12 Å². The van der Waals surface area contributed by atoms with E-state index in [1.165, 1.54) is 4.88 Å². The van der Waals surface area contributed by atoms with Crippen molar-refractivity contribution >= 4 is 24.0 Å². The molecule has 0 aliphatic carbocycles. The van der Waals surface area contributed by atoms with Crippen LogP contribution in [0.2, 0.25) is 0 Å². The quantitative estimate of drug-likeness (QED) is 0.821. The number of rotatable bonds is 3. The average Bonchev–Trinajstić information content (AvgIpc) is 3.02. The number of hydrogen-bond donors (Lipinski definition) is 1. The molecule has 3 heterocycles. The van der Waals surface area contributed by atoms with E-state index in [9.17, 15) is 0 Å². The number of allylic oxidation sites excluding steroid dienone is 1. The van der Waals surface area contributed by atoms with Crippen LogP contribution in [-0.4, -0.2) is 31.4 Å². The standard InChI is InChI=1S/C18H27BFNO2S/c1-12-6-7-14(24-12)15(13-8-10-21-11-9-13)16(20)19-22-17(2,3)18(4,5)23-19/h6-7,13,21H,8-11H2,1-5H3. The molecule has 0 atom stereocenters. The van der Waals surface area contributed by atoms with Gasteiger partial charge in [0.25, 0.3) is 0 Å². The molecule has 2 saturated heterocycles. The highest BCUT2D eigenvalue weighted by Crippen LogP contribution is 2.43. The first-order valence-electron chi connectivity index (χ1n) is 8.74. The molecule has 24 heavy (non-hydrogen) atoms. The molecule has 0 radical (unpaired) electrons. The minimum absolute atomic E-state index is 0.211. The van der Waals surface area contributed by atoms with E-state index in [1.807, 2.05) is 33.8 Å². The molecule has 1 aromatic heterocycles. The molecule has 0 unspecified atom stereocenters. The lowest BCUT2D eigenvalue weighted by molar-refractivity contribution is 0.00578. The Balaban J connectivity index is 1.98. The van der Waals surface area contributed by atoms with Crippen molar-refractivity contribution in [2.24, 2.45) is 5.92 Å². The number of piperidine rings is 1. The Morgan fingerprint density at radius 2 is 1.75 bits per heavy atom. The van der Waals surface area contributed by atoms with Crippen molar-refractivity contribution in [3.05, 3.63) is 27.6 Å². The van der Waals surface area contributed by atoms with Gasteiger partial charge in [0.05, 0.1) is 11.2 Å². The summed E-state index contributed by atoms with van der Waals surface area (Å²) < 4.78 is 27.5. The van der Waals surface area contributed by atoms with Crippen molar-refractivity contribution in [2.75, 3.05) is 13.1 Å². The van der Waals surface area contributed by atoms with Gasteiger partial charge in [-0.3, -0.25) is 0 Å². The van der Waals surface area contributed by atoms with Crippen LogP contribution in [0.25, 0.3) is 5.57 Å². The van der Waals surface area contributed by atoms with Crippen LogP contribution in [-0.2, 0) is 9.31 Å². The SMILES string of the molecule is Cc1ccc(C(=C(F)B2OC(C)(C)C(C)(C)O2)C2CCNCC2)s1. The van der Waals surface area contributed by atoms with E-state index in [-0.39, 0.29) is 11.6 Å². The molecule has 0 saturated carbocycles. The minimum atomic E-state index is -0.915. The molecule has 2 fully saturated rings. The maximum Gasteiger partial charge on any atom is 0.525 e. The average molecular weight is 351 g/mol. The van der Waals surface area contributed by atoms with Gasteiger partial charge < -0.3 is 14.6 Å². The number of aryl methyl sites for hydroxylation is 1. The molecule has 1 aromatic rings. The van der Waals surface area contributed by atoms with E-state index in [1.54, 1.807) is 11.3 Å². The van der Waals surface area contributed by atoms with Gasteiger partial charge in [-0.25, -0.2) is 4.39 Å². The fourth-order valence-corrected chi connectivity index (χ4v) is 4.27. The molecule has 132 valence electrons. The minimum Gasteiger partial charge on any atom is -0.398 e. The Morgan fingerprint density at radius 1 is 1.17 bits per heavy atom. The van der Waals surface area contributed by atoms with Crippen molar-refractivity contribution in [1.29, 1.82) is 0 Å². The maximum absolute atomic E-state index is 15.6. The normalized spacial score (nSPS) is 25.0. The van der Waals surface area contributed by atoms with Crippen molar-refractivity contribution in [3.63, 3.8) is 0 Å². The third kappa shape index (κ3) is 3.34. The molecule has 0 aromatic carbocycles. The Morgan fingerprint density at radius 3 is 2.25 bits per heavy atom. The molecule has 2 aliphatic heterocycles. The van der Waals surface area contributed by atoms with Gasteiger partial charge in [-0.05, 0) is 78.6 Å². The monoisotopic (exact) mass is 351 g/mol. The van der Waals surface area contributed by atoms with Gasteiger partial charge in [0.2, 0.25) is 0 Å². The van der Waals surface area contributed by atoms with Gasteiger partial charge in [0.1, 0.15) is 5.73 Å². The largest absolute Gasteiger partial charge is 0.525 e. The molecular weight excluding hydrogens is 324 g/mol. The second-order valence-corrected chi connectivity index (χ2v) is 9.07. The molecule has 1 N–H and O–H groups in total. The zero-order valence-corrected chi connectivity index (χ0v) is 16.1. The molecule has 0 bridgehead atoms. The fourth-order valence-electron chi connectivity index (χ4n) is 3.28. The number of halogens is 1. The Bertz CT molecular complexity index is 619. The van der Waals surface area contributed by atoms with Gasteiger partial charge in [-0.2, -0.15) is 0 Å². The van der Waals surface area contributed by atoms with Gasteiger partial charge in [0, 0.05) is 15.3 Å². The van der Waals surface area contributed by atoms with Crippen molar-refractivity contribution in [1.82, 2.24) is 5.32 Å². The Kier molecular flexibility index (Phi) is 4.95. The molecule has 3 rings (SSSR count). The van der Waals surface area contributed by atoms with Crippen LogP contribution in [0.5, 0.6) is 0 Å². The zero-order valence-electron chi connectivity index (χ0n) is 15.2. The van der Waals surface area contributed by atoms with Gasteiger partial charge in [0.15, 0.2) is 0 Å². The summed E-state index contributed by atoms with van der Waals surface area (Å²) in [5, 5.41) is 3.36. The summed E-state index contributed by atoms with van der Waals surface area (Å²) >= 11 is 1.65. The van der Waals surface area contributed by atoms with E-state index < -0.39 is 18.3 Å². The Hall–Kier alpha value is -0.685. The third-order valence-electron chi connectivity index (χ3n) is 5.47. The predicted molar refractivity (Wildman–Crippen MR) is 98.8 cm³/mol. The van der Waals surface area contributed by atoms with Crippen molar-refractivity contribution in [2.45, 2.75) is 58.7 Å². The number of nitrogens with one attached hydrogen (secondary N) is 1. The van der Waals surface area contributed by atoms with E-state index in [0.29, 0.717) is 0 Å².